The number of hydrogen-bond donors (Lipinski definition) is 0. The second-order valence-corrected chi connectivity index (χ2v) is 20.0. The van der Waals surface area contributed by atoms with Crippen LogP contribution in [0.1, 0.15) is 72.1 Å². The van der Waals surface area contributed by atoms with Gasteiger partial charge in [-0.1, -0.05) is 71.3 Å². The Bertz CT molecular complexity index is 1230. The van der Waals surface area contributed by atoms with Crippen LogP contribution in [0.4, 0.5) is 0 Å². The first-order valence-electron chi connectivity index (χ1n) is 15.6. The Kier molecular flexibility index (Phi) is 8.06. The predicted molar refractivity (Wildman–Crippen MR) is 166 cm³/mol. The Morgan fingerprint density at radius 3 is 2.55 bits per heavy atom. The number of aromatic nitrogens is 2. The van der Waals surface area contributed by atoms with Gasteiger partial charge in [-0.15, -0.1) is 0 Å². The molecule has 0 amide bonds. The molecule has 2 fully saturated rings. The van der Waals surface area contributed by atoms with Crippen LogP contribution in [0.15, 0.2) is 41.6 Å². The lowest BCUT2D eigenvalue weighted by atomic mass is 9.50. The summed E-state index contributed by atoms with van der Waals surface area (Å²) in [6, 6.07) is 10.5. The third-order valence-corrected chi connectivity index (χ3v) is 16.5. The van der Waals surface area contributed by atoms with E-state index in [0.717, 1.165) is 37.0 Å². The average molecular weight is 562 g/mol. The van der Waals surface area contributed by atoms with E-state index < -0.39 is 8.32 Å². The van der Waals surface area contributed by atoms with Gasteiger partial charge in [-0.3, -0.25) is 0 Å². The maximum atomic E-state index is 9.38. The molecule has 5 rings (SSSR count). The summed E-state index contributed by atoms with van der Waals surface area (Å²) in [7, 11) is -1.91. The van der Waals surface area contributed by atoms with Crippen LogP contribution in [-0.4, -0.2) is 31.2 Å². The van der Waals surface area contributed by atoms with Crippen LogP contribution in [0.3, 0.4) is 0 Å². The van der Waals surface area contributed by atoms with Gasteiger partial charge in [-0.05, 0) is 114 Å². The molecule has 1 aromatic heterocycles. The van der Waals surface area contributed by atoms with Gasteiger partial charge in [0.1, 0.15) is 0 Å². The fourth-order valence-electron chi connectivity index (χ4n) is 8.63. The van der Waals surface area contributed by atoms with E-state index in [9.17, 15) is 5.53 Å². The highest BCUT2D eigenvalue weighted by atomic mass is 28.4. The van der Waals surface area contributed by atoms with Crippen molar-refractivity contribution >= 4 is 8.32 Å². The smallest absolute Gasteiger partial charge is 0.191 e. The fraction of sp³-hybridized carbons (Fsp3) is 0.727. The van der Waals surface area contributed by atoms with Crippen LogP contribution < -0.4 is 0 Å². The van der Waals surface area contributed by atoms with E-state index in [4.69, 9.17) is 9.52 Å². The van der Waals surface area contributed by atoms with Gasteiger partial charge in [-0.25, -0.2) is 4.68 Å². The third-order valence-electron chi connectivity index (χ3n) is 12.0. The molecule has 7 heteroatoms. The van der Waals surface area contributed by atoms with Gasteiger partial charge in [0.25, 0.3) is 0 Å². The lowest BCUT2D eigenvalue weighted by Gasteiger charge is -2.56. The van der Waals surface area contributed by atoms with Crippen molar-refractivity contribution in [2.75, 3.05) is 13.2 Å². The van der Waals surface area contributed by atoms with Crippen molar-refractivity contribution in [1.82, 2.24) is 9.78 Å². The first kappa shape index (κ1) is 29.4. The monoisotopic (exact) mass is 561 g/mol. The van der Waals surface area contributed by atoms with Crippen LogP contribution in [0.2, 0.25) is 18.1 Å². The molecule has 0 N–H and O–H groups in total. The minimum Gasteiger partial charge on any atom is -0.417 e. The molecule has 0 saturated heterocycles. The number of hydrogen-bond acceptors (Lipinski definition) is 3. The molecule has 0 bridgehead atoms. The van der Waals surface area contributed by atoms with Crippen molar-refractivity contribution < 1.29 is 4.43 Å². The molecule has 0 radical (unpaired) electrons. The van der Waals surface area contributed by atoms with Gasteiger partial charge in [-0.2, -0.15) is 5.10 Å². The van der Waals surface area contributed by atoms with E-state index in [0.29, 0.717) is 36.1 Å². The van der Waals surface area contributed by atoms with Crippen LogP contribution in [0, 0.1) is 46.8 Å². The number of benzene rings is 1. The summed E-state index contributed by atoms with van der Waals surface area (Å²) < 4.78 is 9.08. The first-order valence-corrected chi connectivity index (χ1v) is 18.5. The molecule has 218 valence electrons. The highest BCUT2D eigenvalue weighted by Crippen LogP contribution is 2.60. The molecule has 40 heavy (non-hydrogen) atoms. The molecule has 0 aliphatic heterocycles. The van der Waals surface area contributed by atoms with E-state index in [2.05, 4.69) is 106 Å². The lowest BCUT2D eigenvalue weighted by molar-refractivity contribution is -0.0592. The second kappa shape index (κ2) is 11.0. The Balaban J connectivity index is 1.54. The standard InChI is InChI=1S/C33H51N5OSi/c1-22-14-15-27-28(19-35-37-34)29(16-23(2)31(22)27)33(6)18-24-20-38(26-12-10-9-11-13-26)36-30(24)17-25(33)21-39-40(7,8)32(3,4)5/h9-13,20,22-23,25,27-29,31H,14-19,21H2,1-8H3/t22-,23+,25+,27+,28-,29-,31+,33-/m0/s1. The molecular formula is C33H51N5OSi. The molecule has 1 aromatic carbocycles. The summed E-state index contributed by atoms with van der Waals surface area (Å²) in [6.45, 7) is 20.7. The highest BCUT2D eigenvalue weighted by Gasteiger charge is 2.56. The molecule has 8 atom stereocenters. The average Bonchev–Trinajstić information content (AvgIpc) is 3.50. The normalized spacial score (nSPS) is 34.1. The van der Waals surface area contributed by atoms with Gasteiger partial charge in [0, 0.05) is 24.3 Å². The summed E-state index contributed by atoms with van der Waals surface area (Å²) in [5, 5.41) is 9.56. The summed E-state index contributed by atoms with van der Waals surface area (Å²) in [6.07, 6.45) is 8.04. The lowest BCUT2D eigenvalue weighted by Crippen LogP contribution is -2.53. The maximum Gasteiger partial charge on any atom is 0.191 e. The van der Waals surface area contributed by atoms with E-state index in [1.807, 2.05) is 0 Å². The van der Waals surface area contributed by atoms with Gasteiger partial charge in [0.2, 0.25) is 0 Å². The summed E-state index contributed by atoms with van der Waals surface area (Å²) in [5.41, 5.74) is 13.2. The van der Waals surface area contributed by atoms with E-state index in [-0.39, 0.29) is 10.5 Å². The zero-order chi connectivity index (χ0) is 28.9. The van der Waals surface area contributed by atoms with Gasteiger partial charge in [0.15, 0.2) is 8.32 Å². The molecule has 3 aliphatic rings. The quantitative estimate of drug-likeness (QED) is 0.146. The maximum absolute atomic E-state index is 9.38. The Labute approximate surface area is 243 Å². The Morgan fingerprint density at radius 1 is 1.15 bits per heavy atom. The highest BCUT2D eigenvalue weighted by molar-refractivity contribution is 6.74. The molecule has 2 aromatic rings. The summed E-state index contributed by atoms with van der Waals surface area (Å²) in [5.74, 6) is 4.19. The van der Waals surface area contributed by atoms with Crippen molar-refractivity contribution in [2.24, 2.45) is 52.0 Å². The molecule has 2 saturated carbocycles. The van der Waals surface area contributed by atoms with Gasteiger partial charge < -0.3 is 4.43 Å². The minimum absolute atomic E-state index is 0.0562. The number of fused-ring (bicyclic) bond motifs is 2. The zero-order valence-corrected chi connectivity index (χ0v) is 27.1. The van der Waals surface area contributed by atoms with Crippen LogP contribution in [-0.2, 0) is 17.3 Å². The first-order chi connectivity index (χ1) is 18.9. The topological polar surface area (TPSA) is 75.8 Å². The summed E-state index contributed by atoms with van der Waals surface area (Å²) >= 11 is 0. The zero-order valence-electron chi connectivity index (χ0n) is 26.1. The van der Waals surface area contributed by atoms with Crippen molar-refractivity contribution in [2.45, 2.75) is 91.8 Å². The van der Waals surface area contributed by atoms with Crippen LogP contribution in [0.5, 0.6) is 0 Å². The molecule has 6 nitrogen and oxygen atoms in total. The largest absolute Gasteiger partial charge is 0.417 e. The Morgan fingerprint density at radius 2 is 1.88 bits per heavy atom. The number of azide groups is 1. The molecular weight excluding hydrogens is 510 g/mol. The number of nitrogens with zero attached hydrogens (tertiary/aromatic N) is 5. The van der Waals surface area contributed by atoms with E-state index >= 15 is 0 Å². The summed E-state index contributed by atoms with van der Waals surface area (Å²) in [4.78, 5) is 3.26. The minimum atomic E-state index is -1.91. The fourth-order valence-corrected chi connectivity index (χ4v) is 9.69. The molecule has 3 aliphatic carbocycles. The van der Waals surface area contributed by atoms with E-state index in [1.54, 1.807) is 0 Å². The number of rotatable bonds is 7. The van der Waals surface area contributed by atoms with Crippen LogP contribution >= 0.6 is 0 Å². The van der Waals surface area contributed by atoms with Gasteiger partial charge >= 0.3 is 0 Å². The molecule has 0 spiro atoms. The number of para-hydroxylation sites is 1. The van der Waals surface area contributed by atoms with Crippen molar-refractivity contribution in [3.05, 3.63) is 58.2 Å². The SMILES string of the molecule is C[C@@H]1C[C@H]([C@@]2(C)Cc3cn(-c4ccccc4)nc3C[C@@H]2CO[Si](C)(C)C(C)(C)C)[C@@H](CN=[N+]=[N-])[C@H]2CC[C@H](C)[C@@H]21. The predicted octanol–water partition coefficient (Wildman–Crippen LogP) is 8.86. The Hall–Kier alpha value is -2.08. The third kappa shape index (κ3) is 5.30. The second-order valence-electron chi connectivity index (χ2n) is 15.2. The van der Waals surface area contributed by atoms with Crippen molar-refractivity contribution in [1.29, 1.82) is 0 Å². The van der Waals surface area contributed by atoms with Crippen molar-refractivity contribution in [3.8, 4) is 5.69 Å². The van der Waals surface area contributed by atoms with Crippen molar-refractivity contribution in [3.63, 3.8) is 0 Å². The van der Waals surface area contributed by atoms with E-state index in [1.165, 1.54) is 30.5 Å². The van der Waals surface area contributed by atoms with Gasteiger partial charge in [0.05, 0.1) is 11.4 Å². The molecule has 1 heterocycles. The molecule has 0 unspecified atom stereocenters. The van der Waals surface area contributed by atoms with Crippen LogP contribution in [0.25, 0.3) is 16.1 Å².